The van der Waals surface area contributed by atoms with Crippen LogP contribution in [0.15, 0.2) is 21.8 Å². The number of halogens is 1. The highest BCUT2D eigenvalue weighted by molar-refractivity contribution is 9.10. The zero-order valence-electron chi connectivity index (χ0n) is 7.66. The van der Waals surface area contributed by atoms with Gasteiger partial charge in [-0.15, -0.1) is 0 Å². The monoisotopic (exact) mass is 258 g/mol. The summed E-state index contributed by atoms with van der Waals surface area (Å²) in [4.78, 5) is 0. The lowest BCUT2D eigenvalue weighted by molar-refractivity contribution is 0.319. The van der Waals surface area contributed by atoms with Crippen LogP contribution in [0.1, 0.15) is 18.1 Å². The first kappa shape index (κ1) is 11.0. The van der Waals surface area contributed by atoms with Crippen molar-refractivity contribution in [2.75, 3.05) is 0 Å². The predicted octanol–water partition coefficient (Wildman–Crippen LogP) is 1.81. The van der Waals surface area contributed by atoms with E-state index in [1.807, 2.05) is 0 Å². The number of rotatable bonds is 2. The second-order valence-corrected chi connectivity index (χ2v) is 3.71. The fraction of sp³-hybridized carbons (Fsp3) is 0.222. The van der Waals surface area contributed by atoms with Crippen LogP contribution in [-0.2, 0) is 6.54 Å². The van der Waals surface area contributed by atoms with Crippen LogP contribution in [0.25, 0.3) is 0 Å². The number of phenols is 1. The molecule has 0 unspecified atom stereocenters. The van der Waals surface area contributed by atoms with Gasteiger partial charge in [-0.1, -0.05) is 5.16 Å². The van der Waals surface area contributed by atoms with Crippen LogP contribution in [0.3, 0.4) is 0 Å². The Labute approximate surface area is 90.2 Å². The Morgan fingerprint density at radius 1 is 1.57 bits per heavy atom. The van der Waals surface area contributed by atoms with Crippen molar-refractivity contribution in [3.8, 4) is 5.75 Å². The van der Waals surface area contributed by atoms with Crippen molar-refractivity contribution in [2.24, 2.45) is 10.9 Å². The number of nitrogens with zero attached hydrogens (tertiary/aromatic N) is 1. The maximum atomic E-state index is 9.55. The van der Waals surface area contributed by atoms with Crippen LogP contribution in [0.2, 0.25) is 0 Å². The van der Waals surface area contributed by atoms with Gasteiger partial charge in [-0.05, 0) is 35.0 Å². The zero-order chi connectivity index (χ0) is 10.7. The molecular weight excluding hydrogens is 248 g/mol. The third-order valence-corrected chi connectivity index (χ3v) is 2.53. The van der Waals surface area contributed by atoms with Crippen LogP contribution >= 0.6 is 15.9 Å². The van der Waals surface area contributed by atoms with E-state index in [9.17, 15) is 5.11 Å². The van der Waals surface area contributed by atoms with Gasteiger partial charge in [-0.2, -0.15) is 0 Å². The average Bonchev–Trinajstić information content (AvgIpc) is 2.20. The molecule has 0 spiro atoms. The van der Waals surface area contributed by atoms with Crippen molar-refractivity contribution in [2.45, 2.75) is 13.5 Å². The average molecular weight is 259 g/mol. The van der Waals surface area contributed by atoms with E-state index in [0.717, 1.165) is 5.56 Å². The van der Waals surface area contributed by atoms with Gasteiger partial charge in [0.15, 0.2) is 0 Å². The second kappa shape index (κ2) is 4.43. The Morgan fingerprint density at radius 2 is 2.21 bits per heavy atom. The van der Waals surface area contributed by atoms with Gasteiger partial charge in [0.05, 0.1) is 10.2 Å². The Morgan fingerprint density at radius 3 is 2.71 bits per heavy atom. The molecule has 0 aliphatic heterocycles. The summed E-state index contributed by atoms with van der Waals surface area (Å²) < 4.78 is 0.540. The van der Waals surface area contributed by atoms with E-state index in [2.05, 4.69) is 21.1 Å². The molecule has 5 heteroatoms. The first-order valence-corrected chi connectivity index (χ1v) is 4.80. The first-order chi connectivity index (χ1) is 6.60. The molecule has 4 N–H and O–H groups in total. The highest BCUT2D eigenvalue weighted by Crippen LogP contribution is 2.29. The van der Waals surface area contributed by atoms with Gasteiger partial charge in [-0.3, -0.25) is 0 Å². The van der Waals surface area contributed by atoms with E-state index in [0.29, 0.717) is 15.7 Å². The minimum atomic E-state index is 0.127. The molecule has 1 rings (SSSR count). The highest BCUT2D eigenvalue weighted by Gasteiger charge is 2.08. The van der Waals surface area contributed by atoms with Gasteiger partial charge in [0.25, 0.3) is 0 Å². The van der Waals surface area contributed by atoms with Crippen molar-refractivity contribution < 1.29 is 10.3 Å². The minimum absolute atomic E-state index is 0.127. The summed E-state index contributed by atoms with van der Waals surface area (Å²) in [6.45, 7) is 1.90. The summed E-state index contributed by atoms with van der Waals surface area (Å²) in [6.07, 6.45) is 0. The number of phenolic OH excluding ortho intramolecular Hbond substituents is 1. The van der Waals surface area contributed by atoms with Gasteiger partial charge in [-0.25, -0.2) is 0 Å². The SMILES string of the molecule is CC(=NO)c1cc(Br)c(O)c(CN)c1. The lowest BCUT2D eigenvalue weighted by Crippen LogP contribution is -2.01. The van der Waals surface area contributed by atoms with Crippen LogP contribution in [-0.4, -0.2) is 16.0 Å². The van der Waals surface area contributed by atoms with Crippen LogP contribution in [0, 0.1) is 0 Å². The Hall–Kier alpha value is -1.07. The third-order valence-electron chi connectivity index (χ3n) is 1.93. The fourth-order valence-electron chi connectivity index (χ4n) is 1.08. The van der Waals surface area contributed by atoms with Crippen LogP contribution in [0.4, 0.5) is 0 Å². The topological polar surface area (TPSA) is 78.8 Å². The first-order valence-electron chi connectivity index (χ1n) is 4.00. The Kier molecular flexibility index (Phi) is 3.49. The van der Waals surface area contributed by atoms with Gasteiger partial charge < -0.3 is 16.0 Å². The summed E-state index contributed by atoms with van der Waals surface area (Å²) in [5.41, 5.74) is 7.25. The number of aromatic hydroxyl groups is 1. The van der Waals surface area contributed by atoms with Gasteiger partial charge in [0, 0.05) is 17.7 Å². The number of hydrogen-bond acceptors (Lipinski definition) is 4. The molecule has 0 aromatic heterocycles. The molecule has 0 aliphatic rings. The number of hydrogen-bond donors (Lipinski definition) is 3. The second-order valence-electron chi connectivity index (χ2n) is 2.86. The normalized spacial score (nSPS) is 11.8. The largest absolute Gasteiger partial charge is 0.506 e. The molecule has 0 saturated heterocycles. The highest BCUT2D eigenvalue weighted by atomic mass is 79.9. The molecule has 0 aliphatic carbocycles. The van der Waals surface area contributed by atoms with E-state index in [-0.39, 0.29) is 12.3 Å². The molecule has 0 amide bonds. The molecule has 0 heterocycles. The smallest absolute Gasteiger partial charge is 0.134 e. The van der Waals surface area contributed by atoms with Crippen LogP contribution in [0.5, 0.6) is 5.75 Å². The van der Waals surface area contributed by atoms with E-state index in [4.69, 9.17) is 10.9 Å². The molecule has 0 atom stereocenters. The number of benzene rings is 1. The summed E-state index contributed by atoms with van der Waals surface area (Å²) in [5, 5.41) is 21.2. The molecule has 0 radical (unpaired) electrons. The van der Waals surface area contributed by atoms with Gasteiger partial charge in [0.1, 0.15) is 5.75 Å². The summed E-state index contributed by atoms with van der Waals surface area (Å²) in [6, 6.07) is 3.36. The standard InChI is InChI=1S/C9H11BrN2O2/c1-5(12-14)6-2-7(4-11)9(13)8(10)3-6/h2-3,13-14H,4,11H2,1H3. The Bertz CT molecular complexity index is 377. The fourth-order valence-corrected chi connectivity index (χ4v) is 1.58. The van der Waals surface area contributed by atoms with Crippen LogP contribution < -0.4 is 5.73 Å². The minimum Gasteiger partial charge on any atom is -0.506 e. The summed E-state index contributed by atoms with van der Waals surface area (Å²) in [7, 11) is 0. The van der Waals surface area contributed by atoms with E-state index in [1.54, 1.807) is 19.1 Å². The molecule has 1 aromatic rings. The van der Waals surface area contributed by atoms with Gasteiger partial charge in [0.2, 0.25) is 0 Å². The predicted molar refractivity (Wildman–Crippen MR) is 57.7 cm³/mol. The molecule has 14 heavy (non-hydrogen) atoms. The van der Waals surface area contributed by atoms with Crippen molar-refractivity contribution in [1.82, 2.24) is 0 Å². The quantitative estimate of drug-likeness (QED) is 0.430. The lowest BCUT2D eigenvalue weighted by atomic mass is 10.1. The van der Waals surface area contributed by atoms with E-state index >= 15 is 0 Å². The van der Waals surface area contributed by atoms with Crippen molar-refractivity contribution in [3.63, 3.8) is 0 Å². The molecule has 0 bridgehead atoms. The molecule has 0 saturated carbocycles. The molecule has 76 valence electrons. The lowest BCUT2D eigenvalue weighted by Gasteiger charge is -2.07. The molecule has 0 fully saturated rings. The zero-order valence-corrected chi connectivity index (χ0v) is 9.24. The molecule has 1 aromatic carbocycles. The number of oxime groups is 1. The Balaban J connectivity index is 3.30. The third kappa shape index (κ3) is 2.05. The summed E-state index contributed by atoms with van der Waals surface area (Å²) >= 11 is 3.19. The molecule has 4 nitrogen and oxygen atoms in total. The maximum absolute atomic E-state index is 9.55. The van der Waals surface area contributed by atoms with E-state index < -0.39 is 0 Å². The van der Waals surface area contributed by atoms with E-state index in [1.165, 1.54) is 0 Å². The van der Waals surface area contributed by atoms with Gasteiger partial charge >= 0.3 is 0 Å². The van der Waals surface area contributed by atoms with Crippen molar-refractivity contribution >= 4 is 21.6 Å². The maximum Gasteiger partial charge on any atom is 0.134 e. The number of nitrogens with two attached hydrogens (primary N) is 1. The van der Waals surface area contributed by atoms with Crippen molar-refractivity contribution in [3.05, 3.63) is 27.7 Å². The summed E-state index contributed by atoms with van der Waals surface area (Å²) in [5.74, 6) is 0.127. The molecular formula is C9H11BrN2O2. The van der Waals surface area contributed by atoms with Crippen molar-refractivity contribution in [1.29, 1.82) is 0 Å².